The molecule has 0 spiro atoms. The molecule has 0 aromatic heterocycles. The normalized spacial score (nSPS) is 13.6. The van der Waals surface area contributed by atoms with Gasteiger partial charge in [-0.2, -0.15) is 13.2 Å². The van der Waals surface area contributed by atoms with Crippen molar-refractivity contribution in [1.29, 1.82) is 0 Å². The molecule has 1 unspecified atom stereocenters. The molecule has 0 amide bonds. The lowest BCUT2D eigenvalue weighted by molar-refractivity contribution is -0.134. The number of halogens is 4. The molecule has 0 N–H and O–H groups in total. The fourth-order valence-corrected chi connectivity index (χ4v) is 2.32. The molecular formula is C11H12BrF3O. The molecule has 0 aliphatic rings. The van der Waals surface area contributed by atoms with Gasteiger partial charge in [-0.1, -0.05) is 22.0 Å². The van der Waals surface area contributed by atoms with Crippen LogP contribution in [0.1, 0.15) is 22.4 Å². The van der Waals surface area contributed by atoms with E-state index in [1.807, 2.05) is 0 Å². The van der Waals surface area contributed by atoms with Crippen molar-refractivity contribution in [3.05, 3.63) is 29.3 Å². The van der Waals surface area contributed by atoms with E-state index in [1.54, 1.807) is 25.1 Å². The number of aryl methyl sites for hydroxylation is 1. The van der Waals surface area contributed by atoms with Gasteiger partial charge in [0.25, 0.3) is 0 Å². The Labute approximate surface area is 101 Å². The maximum atomic E-state index is 12.2. The van der Waals surface area contributed by atoms with Crippen LogP contribution in [-0.2, 0) is 0 Å². The maximum absolute atomic E-state index is 12.2. The average Bonchev–Trinajstić information content (AvgIpc) is 2.14. The zero-order valence-corrected chi connectivity index (χ0v) is 10.5. The Morgan fingerprint density at radius 1 is 1.38 bits per heavy atom. The Kier molecular flexibility index (Phi) is 4.24. The topological polar surface area (TPSA) is 9.23 Å². The average molecular weight is 297 g/mol. The van der Waals surface area contributed by atoms with Gasteiger partial charge in [0.2, 0.25) is 0 Å². The van der Waals surface area contributed by atoms with Crippen LogP contribution in [0.4, 0.5) is 13.2 Å². The van der Waals surface area contributed by atoms with Crippen molar-refractivity contribution in [2.24, 2.45) is 0 Å². The molecule has 1 nitrogen and oxygen atoms in total. The van der Waals surface area contributed by atoms with Gasteiger partial charge in [-0.15, -0.1) is 0 Å². The summed E-state index contributed by atoms with van der Waals surface area (Å²) in [5, 5.41) is 0. The molecule has 0 saturated carbocycles. The van der Waals surface area contributed by atoms with Gasteiger partial charge in [0, 0.05) is 4.83 Å². The first-order chi connectivity index (χ1) is 7.33. The van der Waals surface area contributed by atoms with Gasteiger partial charge in [-0.3, -0.25) is 0 Å². The van der Waals surface area contributed by atoms with E-state index in [9.17, 15) is 13.2 Å². The molecule has 90 valence electrons. The quantitative estimate of drug-likeness (QED) is 0.752. The zero-order chi connectivity index (χ0) is 12.3. The van der Waals surface area contributed by atoms with Crippen LogP contribution < -0.4 is 4.74 Å². The Balaban J connectivity index is 2.88. The second-order valence-corrected chi connectivity index (χ2v) is 4.61. The van der Waals surface area contributed by atoms with Crippen molar-refractivity contribution in [3.63, 3.8) is 0 Å². The highest BCUT2D eigenvalue weighted by molar-refractivity contribution is 9.09. The highest BCUT2D eigenvalue weighted by Crippen LogP contribution is 2.37. The van der Waals surface area contributed by atoms with Crippen molar-refractivity contribution in [3.8, 4) is 5.75 Å². The predicted molar refractivity (Wildman–Crippen MR) is 60.1 cm³/mol. The summed E-state index contributed by atoms with van der Waals surface area (Å²) < 4.78 is 41.6. The Morgan fingerprint density at radius 3 is 2.44 bits per heavy atom. The lowest BCUT2D eigenvalue weighted by Gasteiger charge is -2.15. The summed E-state index contributed by atoms with van der Waals surface area (Å²) in [6.07, 6.45) is -5.04. The highest BCUT2D eigenvalue weighted by atomic mass is 79.9. The molecule has 0 saturated heterocycles. The Bertz CT molecular complexity index is 363. The SMILES string of the molecule is COc1ccc(C(Br)CC(F)(F)F)c(C)c1. The lowest BCUT2D eigenvalue weighted by atomic mass is 10.0. The molecule has 5 heteroatoms. The molecule has 1 rings (SSSR count). The lowest BCUT2D eigenvalue weighted by Crippen LogP contribution is -2.11. The minimum Gasteiger partial charge on any atom is -0.497 e. The van der Waals surface area contributed by atoms with Gasteiger partial charge in [-0.25, -0.2) is 0 Å². The van der Waals surface area contributed by atoms with E-state index < -0.39 is 17.4 Å². The van der Waals surface area contributed by atoms with Gasteiger partial charge in [0.1, 0.15) is 5.75 Å². The molecular weight excluding hydrogens is 285 g/mol. The van der Waals surface area contributed by atoms with Crippen LogP contribution in [0.25, 0.3) is 0 Å². The molecule has 0 fully saturated rings. The summed E-state index contributed by atoms with van der Waals surface area (Å²) in [5.41, 5.74) is 1.42. The van der Waals surface area contributed by atoms with Crippen LogP contribution in [0.5, 0.6) is 5.75 Å². The minimum absolute atomic E-state index is 0.637. The highest BCUT2D eigenvalue weighted by Gasteiger charge is 2.31. The van der Waals surface area contributed by atoms with Crippen molar-refractivity contribution >= 4 is 15.9 Å². The van der Waals surface area contributed by atoms with Crippen LogP contribution in [0.15, 0.2) is 18.2 Å². The Morgan fingerprint density at radius 2 is 2.00 bits per heavy atom. The summed E-state index contributed by atoms with van der Waals surface area (Å²) in [5.74, 6) is 0.646. The van der Waals surface area contributed by atoms with Gasteiger partial charge in [0.15, 0.2) is 0 Å². The molecule has 0 aliphatic heterocycles. The third kappa shape index (κ3) is 3.70. The van der Waals surface area contributed by atoms with E-state index in [1.165, 1.54) is 7.11 Å². The second-order valence-electron chi connectivity index (χ2n) is 3.51. The molecule has 0 radical (unpaired) electrons. The third-order valence-electron chi connectivity index (χ3n) is 2.23. The molecule has 1 aromatic carbocycles. The molecule has 1 atom stereocenters. The Hall–Kier alpha value is -0.710. The van der Waals surface area contributed by atoms with Crippen molar-refractivity contribution in [2.75, 3.05) is 7.11 Å². The smallest absolute Gasteiger partial charge is 0.390 e. The maximum Gasteiger partial charge on any atom is 0.390 e. The van der Waals surface area contributed by atoms with E-state index in [2.05, 4.69) is 15.9 Å². The number of methoxy groups -OCH3 is 1. The molecule has 1 aromatic rings. The van der Waals surface area contributed by atoms with E-state index in [-0.39, 0.29) is 0 Å². The largest absolute Gasteiger partial charge is 0.497 e. The van der Waals surface area contributed by atoms with Crippen LogP contribution in [0.2, 0.25) is 0 Å². The number of rotatable bonds is 3. The van der Waals surface area contributed by atoms with E-state index in [4.69, 9.17) is 4.74 Å². The summed E-state index contributed by atoms with van der Waals surface area (Å²) >= 11 is 3.06. The second kappa shape index (κ2) is 5.08. The van der Waals surface area contributed by atoms with Gasteiger partial charge >= 0.3 is 6.18 Å². The van der Waals surface area contributed by atoms with Crippen molar-refractivity contribution < 1.29 is 17.9 Å². The first kappa shape index (κ1) is 13.4. The van der Waals surface area contributed by atoms with Crippen molar-refractivity contribution in [1.82, 2.24) is 0 Å². The third-order valence-corrected chi connectivity index (χ3v) is 3.04. The summed E-state index contributed by atoms with van der Waals surface area (Å²) in [7, 11) is 1.52. The van der Waals surface area contributed by atoms with Gasteiger partial charge in [-0.05, 0) is 30.2 Å². The standard InChI is InChI=1S/C11H12BrF3O/c1-7-5-8(16-2)3-4-9(7)10(12)6-11(13,14)15/h3-5,10H,6H2,1-2H3. The molecule has 0 bridgehead atoms. The molecule has 0 heterocycles. The first-order valence-corrected chi connectivity index (χ1v) is 5.60. The van der Waals surface area contributed by atoms with Gasteiger partial charge in [0.05, 0.1) is 13.5 Å². The zero-order valence-electron chi connectivity index (χ0n) is 8.94. The van der Waals surface area contributed by atoms with E-state index >= 15 is 0 Å². The number of alkyl halides is 4. The van der Waals surface area contributed by atoms with Crippen molar-refractivity contribution in [2.45, 2.75) is 24.3 Å². The summed E-state index contributed by atoms with van der Waals surface area (Å²) in [6, 6.07) is 5.03. The molecule has 16 heavy (non-hydrogen) atoms. The fourth-order valence-electron chi connectivity index (χ4n) is 1.44. The number of hydrogen-bond donors (Lipinski definition) is 0. The number of hydrogen-bond acceptors (Lipinski definition) is 1. The van der Waals surface area contributed by atoms with E-state index in [0.29, 0.717) is 11.3 Å². The summed E-state index contributed by atoms with van der Waals surface area (Å²) in [4.78, 5) is -0.710. The molecule has 0 aliphatic carbocycles. The van der Waals surface area contributed by atoms with Gasteiger partial charge < -0.3 is 4.74 Å². The van der Waals surface area contributed by atoms with Crippen LogP contribution in [0, 0.1) is 6.92 Å². The predicted octanol–water partition coefficient (Wildman–Crippen LogP) is 4.39. The monoisotopic (exact) mass is 296 g/mol. The number of ether oxygens (including phenoxy) is 1. The van der Waals surface area contributed by atoms with Crippen LogP contribution >= 0.6 is 15.9 Å². The minimum atomic E-state index is -4.17. The summed E-state index contributed by atoms with van der Waals surface area (Å²) in [6.45, 7) is 1.77. The number of benzene rings is 1. The van der Waals surface area contributed by atoms with Crippen LogP contribution in [-0.4, -0.2) is 13.3 Å². The first-order valence-electron chi connectivity index (χ1n) is 4.69. The van der Waals surface area contributed by atoms with E-state index in [0.717, 1.165) is 5.56 Å². The van der Waals surface area contributed by atoms with Crippen LogP contribution in [0.3, 0.4) is 0 Å². The fraction of sp³-hybridized carbons (Fsp3) is 0.455.